The Kier molecular flexibility index (Phi) is 3.27. The number of alkyl halides is 3. The molecule has 15 heavy (non-hydrogen) atoms. The summed E-state index contributed by atoms with van der Waals surface area (Å²) >= 11 is 1.57. The van der Waals surface area contributed by atoms with Crippen molar-refractivity contribution in [3.63, 3.8) is 0 Å². The summed E-state index contributed by atoms with van der Waals surface area (Å²) in [5, 5.41) is 9.21. The lowest BCUT2D eigenvalue weighted by Crippen LogP contribution is -2.12. The van der Waals surface area contributed by atoms with Gasteiger partial charge in [0.25, 0.3) is 0 Å². The molecule has 0 saturated carbocycles. The third-order valence-electron chi connectivity index (χ3n) is 1.77. The second-order valence-electron chi connectivity index (χ2n) is 2.90. The highest BCUT2D eigenvalue weighted by molar-refractivity contribution is 14.1. The predicted octanol–water partition coefficient (Wildman–Crippen LogP) is 3.22. The minimum atomic E-state index is -4.59. The molecule has 1 rings (SSSR count). The number of Topliss-reactive ketones (excluding diaryl/α,β-unsaturated/α-hetero) is 1. The van der Waals surface area contributed by atoms with Crippen molar-refractivity contribution < 1.29 is 23.1 Å². The fourth-order valence-electron chi connectivity index (χ4n) is 1.09. The van der Waals surface area contributed by atoms with Gasteiger partial charge in [-0.25, -0.2) is 0 Å². The zero-order valence-corrected chi connectivity index (χ0v) is 9.68. The van der Waals surface area contributed by atoms with E-state index in [1.54, 1.807) is 22.6 Å². The van der Waals surface area contributed by atoms with Gasteiger partial charge in [-0.05, 0) is 41.6 Å². The second kappa shape index (κ2) is 3.99. The number of aromatic hydroxyl groups is 1. The Hall–Kier alpha value is -0.790. The van der Waals surface area contributed by atoms with Gasteiger partial charge in [-0.2, -0.15) is 13.2 Å². The number of rotatable bonds is 1. The Morgan fingerprint density at radius 1 is 1.40 bits per heavy atom. The van der Waals surface area contributed by atoms with Gasteiger partial charge in [-0.3, -0.25) is 4.79 Å². The van der Waals surface area contributed by atoms with Crippen LogP contribution in [0.3, 0.4) is 0 Å². The topological polar surface area (TPSA) is 37.3 Å². The Morgan fingerprint density at radius 2 is 1.93 bits per heavy atom. The quantitative estimate of drug-likeness (QED) is 0.634. The molecular weight excluding hydrogens is 324 g/mol. The van der Waals surface area contributed by atoms with Crippen LogP contribution in [-0.2, 0) is 6.18 Å². The summed E-state index contributed by atoms with van der Waals surface area (Å²) in [4.78, 5) is 11.0. The molecule has 0 aliphatic carbocycles. The van der Waals surface area contributed by atoms with Crippen LogP contribution in [0.4, 0.5) is 13.2 Å². The normalized spacial score (nSPS) is 11.5. The molecule has 1 aromatic rings. The molecule has 0 aromatic heterocycles. The molecule has 6 heteroatoms. The zero-order valence-electron chi connectivity index (χ0n) is 7.52. The van der Waals surface area contributed by atoms with Gasteiger partial charge in [0.1, 0.15) is 5.75 Å². The number of carbonyl (C=O) groups excluding carboxylic acids is 1. The van der Waals surface area contributed by atoms with Crippen molar-refractivity contribution in [2.75, 3.05) is 0 Å². The maximum Gasteiger partial charge on any atom is 0.417 e. The first-order valence-corrected chi connectivity index (χ1v) is 4.92. The number of ketones is 1. The minimum Gasteiger partial charge on any atom is -0.507 e. The molecule has 0 fully saturated rings. The van der Waals surface area contributed by atoms with Crippen LogP contribution in [0.15, 0.2) is 12.1 Å². The lowest BCUT2D eigenvalue weighted by Gasteiger charge is -2.12. The lowest BCUT2D eigenvalue weighted by atomic mass is 10.0. The average Bonchev–Trinajstić information content (AvgIpc) is 2.06. The molecule has 0 unspecified atom stereocenters. The molecule has 0 heterocycles. The highest BCUT2D eigenvalue weighted by atomic mass is 127. The van der Waals surface area contributed by atoms with E-state index in [2.05, 4.69) is 0 Å². The van der Waals surface area contributed by atoms with Crippen molar-refractivity contribution in [2.24, 2.45) is 0 Å². The number of carbonyl (C=O) groups is 1. The van der Waals surface area contributed by atoms with Gasteiger partial charge in [0, 0.05) is 5.56 Å². The summed E-state index contributed by atoms with van der Waals surface area (Å²) in [6, 6.07) is 1.60. The van der Waals surface area contributed by atoms with Gasteiger partial charge in [0.05, 0.1) is 9.13 Å². The van der Waals surface area contributed by atoms with Gasteiger partial charge >= 0.3 is 6.18 Å². The molecule has 0 radical (unpaired) electrons. The van der Waals surface area contributed by atoms with E-state index >= 15 is 0 Å². The first-order chi connectivity index (χ1) is 6.73. The molecule has 0 spiro atoms. The van der Waals surface area contributed by atoms with E-state index in [0.29, 0.717) is 0 Å². The van der Waals surface area contributed by atoms with Crippen molar-refractivity contribution in [3.8, 4) is 5.75 Å². The fourth-order valence-corrected chi connectivity index (χ4v) is 1.55. The molecule has 0 bridgehead atoms. The van der Waals surface area contributed by atoms with E-state index in [1.807, 2.05) is 0 Å². The van der Waals surface area contributed by atoms with Crippen LogP contribution in [0.1, 0.15) is 22.8 Å². The van der Waals surface area contributed by atoms with E-state index in [-0.39, 0.29) is 9.32 Å². The van der Waals surface area contributed by atoms with Crippen LogP contribution in [0.2, 0.25) is 0 Å². The molecule has 0 amide bonds. The highest BCUT2D eigenvalue weighted by Crippen LogP contribution is 2.36. The summed E-state index contributed by atoms with van der Waals surface area (Å²) in [5.41, 5.74) is -1.53. The first kappa shape index (κ1) is 12.3. The molecular formula is C9H6F3IO2. The minimum absolute atomic E-state index is 0.0601. The monoisotopic (exact) mass is 330 g/mol. The first-order valence-electron chi connectivity index (χ1n) is 3.84. The summed E-state index contributed by atoms with van der Waals surface area (Å²) in [6.45, 7) is 1.02. The molecule has 0 saturated heterocycles. The number of hydrogen-bond acceptors (Lipinski definition) is 2. The smallest absolute Gasteiger partial charge is 0.417 e. The molecule has 1 N–H and O–H groups in total. The van der Waals surface area contributed by atoms with Crippen LogP contribution >= 0.6 is 22.6 Å². The predicted molar refractivity (Wildman–Crippen MR) is 55.8 cm³/mol. The van der Waals surface area contributed by atoms with Crippen LogP contribution in [0.25, 0.3) is 0 Å². The van der Waals surface area contributed by atoms with Crippen LogP contribution in [0, 0.1) is 3.57 Å². The Labute approximate surface area is 97.2 Å². The van der Waals surface area contributed by atoms with Crippen molar-refractivity contribution in [2.45, 2.75) is 13.1 Å². The molecule has 82 valence electrons. The summed E-state index contributed by atoms with van der Waals surface area (Å²) < 4.78 is 37.5. The van der Waals surface area contributed by atoms with Gasteiger partial charge in [-0.1, -0.05) is 0 Å². The highest BCUT2D eigenvalue weighted by Gasteiger charge is 2.35. The number of halogens is 4. The van der Waals surface area contributed by atoms with Crippen LogP contribution in [0.5, 0.6) is 5.75 Å². The molecule has 0 atom stereocenters. The molecule has 0 aliphatic heterocycles. The van der Waals surface area contributed by atoms with Crippen LogP contribution in [-0.4, -0.2) is 10.9 Å². The van der Waals surface area contributed by atoms with E-state index in [1.165, 1.54) is 0 Å². The summed E-state index contributed by atoms with van der Waals surface area (Å²) in [5.74, 6) is -1.05. The SMILES string of the molecule is CC(=O)c1cc(O)c(I)cc1C(F)(F)F. The van der Waals surface area contributed by atoms with Crippen molar-refractivity contribution in [1.82, 2.24) is 0 Å². The van der Waals surface area contributed by atoms with Crippen LogP contribution < -0.4 is 0 Å². The van der Waals surface area contributed by atoms with Crippen molar-refractivity contribution >= 4 is 28.4 Å². The fraction of sp³-hybridized carbons (Fsp3) is 0.222. The summed E-state index contributed by atoms with van der Waals surface area (Å²) in [7, 11) is 0. The number of phenolic OH excluding ortho intramolecular Hbond substituents is 1. The molecule has 1 aromatic carbocycles. The van der Waals surface area contributed by atoms with Crippen molar-refractivity contribution in [3.05, 3.63) is 26.8 Å². The average molecular weight is 330 g/mol. The maximum atomic E-state index is 12.5. The maximum absolute atomic E-state index is 12.5. The Balaban J connectivity index is 3.49. The van der Waals surface area contributed by atoms with Gasteiger partial charge in [0.2, 0.25) is 0 Å². The Bertz CT molecular complexity index is 413. The molecule has 0 aliphatic rings. The zero-order chi connectivity index (χ0) is 11.8. The number of hydrogen-bond donors (Lipinski definition) is 1. The Morgan fingerprint density at radius 3 is 2.33 bits per heavy atom. The number of phenols is 1. The van der Waals surface area contributed by atoms with Gasteiger partial charge < -0.3 is 5.11 Å². The van der Waals surface area contributed by atoms with Gasteiger partial charge in [-0.15, -0.1) is 0 Å². The third kappa shape index (κ3) is 2.61. The second-order valence-corrected chi connectivity index (χ2v) is 4.07. The largest absolute Gasteiger partial charge is 0.507 e. The summed E-state index contributed by atoms with van der Waals surface area (Å²) in [6.07, 6.45) is -4.59. The third-order valence-corrected chi connectivity index (χ3v) is 2.64. The van der Waals surface area contributed by atoms with E-state index in [0.717, 1.165) is 19.1 Å². The van der Waals surface area contributed by atoms with E-state index in [4.69, 9.17) is 0 Å². The molecule has 2 nitrogen and oxygen atoms in total. The number of benzene rings is 1. The van der Waals surface area contributed by atoms with E-state index in [9.17, 15) is 23.1 Å². The standard InChI is InChI=1S/C9H6F3IO2/c1-4(14)5-2-8(15)7(13)3-6(5)9(10,11)12/h2-3,15H,1H3. The lowest BCUT2D eigenvalue weighted by molar-refractivity contribution is -0.138. The van der Waals surface area contributed by atoms with E-state index < -0.39 is 23.1 Å². The van der Waals surface area contributed by atoms with Crippen molar-refractivity contribution in [1.29, 1.82) is 0 Å². The van der Waals surface area contributed by atoms with Gasteiger partial charge in [0.15, 0.2) is 5.78 Å².